The number of aliphatic hydroxyl groups is 1. The normalized spacial score (nSPS) is 28.2. The first kappa shape index (κ1) is 11.3. The summed E-state index contributed by atoms with van der Waals surface area (Å²) in [4.78, 5) is 0. The zero-order valence-electron chi connectivity index (χ0n) is 8.07. The molecule has 78 valence electrons. The van der Waals surface area contributed by atoms with Crippen LogP contribution in [-0.4, -0.2) is 35.8 Å². The van der Waals surface area contributed by atoms with E-state index in [0.717, 1.165) is 18.8 Å². The number of hydrogen-bond donors (Lipinski definition) is 1. The van der Waals surface area contributed by atoms with Crippen LogP contribution in [-0.2, 0) is 9.47 Å². The van der Waals surface area contributed by atoms with Gasteiger partial charge in [-0.25, -0.2) is 0 Å². The summed E-state index contributed by atoms with van der Waals surface area (Å²) >= 11 is 1.62. The van der Waals surface area contributed by atoms with Gasteiger partial charge in [-0.1, -0.05) is 19.8 Å². The van der Waals surface area contributed by atoms with Crippen LogP contribution in [0.1, 0.15) is 26.2 Å². The highest BCUT2D eigenvalue weighted by atomic mass is 32.2. The molecule has 0 radical (unpaired) electrons. The highest BCUT2D eigenvalue weighted by molar-refractivity contribution is 8.00. The molecule has 3 nitrogen and oxygen atoms in total. The van der Waals surface area contributed by atoms with Gasteiger partial charge >= 0.3 is 0 Å². The Labute approximate surface area is 83.8 Å². The SMILES string of the molecule is CCCCCOC1CSC(CO)O1. The van der Waals surface area contributed by atoms with Crippen molar-refractivity contribution in [2.75, 3.05) is 19.0 Å². The number of rotatable bonds is 6. The van der Waals surface area contributed by atoms with E-state index >= 15 is 0 Å². The second-order valence-electron chi connectivity index (χ2n) is 3.09. The smallest absolute Gasteiger partial charge is 0.168 e. The molecule has 0 saturated carbocycles. The number of aliphatic hydroxyl groups excluding tert-OH is 1. The molecule has 0 aromatic rings. The van der Waals surface area contributed by atoms with E-state index in [2.05, 4.69) is 6.92 Å². The highest BCUT2D eigenvalue weighted by Gasteiger charge is 2.25. The minimum absolute atomic E-state index is 0.0730. The van der Waals surface area contributed by atoms with Gasteiger partial charge in [0.25, 0.3) is 0 Å². The van der Waals surface area contributed by atoms with Gasteiger partial charge in [0.2, 0.25) is 0 Å². The quantitative estimate of drug-likeness (QED) is 0.670. The summed E-state index contributed by atoms with van der Waals surface area (Å²) in [6, 6.07) is 0. The zero-order chi connectivity index (χ0) is 9.52. The maximum Gasteiger partial charge on any atom is 0.168 e. The predicted molar refractivity (Wildman–Crippen MR) is 53.7 cm³/mol. The van der Waals surface area contributed by atoms with Crippen molar-refractivity contribution < 1.29 is 14.6 Å². The third-order valence-corrected chi connectivity index (χ3v) is 3.02. The average Bonchev–Trinajstić information content (AvgIpc) is 2.60. The molecule has 2 atom stereocenters. The van der Waals surface area contributed by atoms with E-state index in [-0.39, 0.29) is 18.3 Å². The molecule has 0 aromatic carbocycles. The van der Waals surface area contributed by atoms with Gasteiger partial charge in [-0.3, -0.25) is 0 Å². The Hall–Kier alpha value is 0.230. The molecule has 0 aromatic heterocycles. The van der Waals surface area contributed by atoms with Crippen molar-refractivity contribution in [3.8, 4) is 0 Å². The highest BCUT2D eigenvalue weighted by Crippen LogP contribution is 2.25. The fourth-order valence-electron chi connectivity index (χ4n) is 1.18. The number of ether oxygens (including phenoxy) is 2. The summed E-state index contributed by atoms with van der Waals surface area (Å²) < 4.78 is 10.9. The number of hydrogen-bond acceptors (Lipinski definition) is 4. The van der Waals surface area contributed by atoms with Crippen LogP contribution >= 0.6 is 11.8 Å². The second-order valence-corrected chi connectivity index (χ2v) is 4.28. The van der Waals surface area contributed by atoms with Crippen molar-refractivity contribution in [1.29, 1.82) is 0 Å². The molecule has 0 bridgehead atoms. The summed E-state index contributed by atoms with van der Waals surface area (Å²) in [6.07, 6.45) is 3.43. The summed E-state index contributed by atoms with van der Waals surface area (Å²) in [5.41, 5.74) is -0.0730. The van der Waals surface area contributed by atoms with Gasteiger partial charge in [0.05, 0.1) is 6.61 Å². The van der Waals surface area contributed by atoms with Gasteiger partial charge in [-0.15, -0.1) is 11.8 Å². The van der Waals surface area contributed by atoms with E-state index < -0.39 is 0 Å². The predicted octanol–water partition coefficient (Wildman–Crippen LogP) is 1.60. The molecule has 1 N–H and O–H groups in total. The third-order valence-electron chi connectivity index (χ3n) is 1.92. The van der Waals surface area contributed by atoms with Gasteiger partial charge in [-0.2, -0.15) is 0 Å². The average molecular weight is 206 g/mol. The minimum Gasteiger partial charge on any atom is -0.393 e. The lowest BCUT2D eigenvalue weighted by Crippen LogP contribution is -2.18. The summed E-state index contributed by atoms with van der Waals surface area (Å²) in [7, 11) is 0. The van der Waals surface area contributed by atoms with Gasteiger partial charge < -0.3 is 14.6 Å². The van der Waals surface area contributed by atoms with Gasteiger partial charge in [0.1, 0.15) is 5.44 Å². The molecule has 0 spiro atoms. The van der Waals surface area contributed by atoms with Crippen LogP contribution in [0.4, 0.5) is 0 Å². The van der Waals surface area contributed by atoms with Crippen molar-refractivity contribution in [3.63, 3.8) is 0 Å². The van der Waals surface area contributed by atoms with E-state index in [1.807, 2.05) is 0 Å². The van der Waals surface area contributed by atoms with Crippen LogP contribution in [0.2, 0.25) is 0 Å². The largest absolute Gasteiger partial charge is 0.393 e. The Balaban J connectivity index is 1.97. The summed E-state index contributed by atoms with van der Waals surface area (Å²) in [5.74, 6) is 0.845. The molecule has 1 fully saturated rings. The first-order valence-electron chi connectivity index (χ1n) is 4.86. The molecule has 0 amide bonds. The van der Waals surface area contributed by atoms with Gasteiger partial charge in [-0.05, 0) is 6.42 Å². The van der Waals surface area contributed by atoms with Gasteiger partial charge in [0, 0.05) is 12.4 Å². The number of thioether (sulfide) groups is 1. The minimum atomic E-state index is -0.0981. The van der Waals surface area contributed by atoms with Gasteiger partial charge in [0.15, 0.2) is 6.29 Å². The fourth-order valence-corrected chi connectivity index (χ4v) is 2.04. The van der Waals surface area contributed by atoms with Crippen LogP contribution in [0.25, 0.3) is 0 Å². The lowest BCUT2D eigenvalue weighted by Gasteiger charge is -2.11. The molecule has 2 unspecified atom stereocenters. The molecule has 13 heavy (non-hydrogen) atoms. The van der Waals surface area contributed by atoms with Crippen LogP contribution in [0.15, 0.2) is 0 Å². The van der Waals surface area contributed by atoms with Crippen LogP contribution in [0.3, 0.4) is 0 Å². The molecule has 1 saturated heterocycles. The Kier molecular flexibility index (Phi) is 5.78. The molecular formula is C9H18O3S. The topological polar surface area (TPSA) is 38.7 Å². The summed E-state index contributed by atoms with van der Waals surface area (Å²) in [5, 5.41) is 8.79. The van der Waals surface area contributed by atoms with Crippen LogP contribution < -0.4 is 0 Å². The Bertz CT molecular complexity index is 132. The van der Waals surface area contributed by atoms with E-state index in [9.17, 15) is 0 Å². The maximum absolute atomic E-state index is 8.79. The number of unbranched alkanes of at least 4 members (excludes halogenated alkanes) is 2. The van der Waals surface area contributed by atoms with Crippen molar-refractivity contribution in [1.82, 2.24) is 0 Å². The van der Waals surface area contributed by atoms with Crippen LogP contribution in [0.5, 0.6) is 0 Å². The van der Waals surface area contributed by atoms with Crippen molar-refractivity contribution in [2.45, 2.75) is 37.9 Å². The molecule has 1 rings (SSSR count). The fraction of sp³-hybridized carbons (Fsp3) is 1.00. The standard InChI is InChI=1S/C9H18O3S/c1-2-3-4-5-11-8-7-13-9(6-10)12-8/h8-10H,2-7H2,1H3. The monoisotopic (exact) mass is 206 g/mol. The molecular weight excluding hydrogens is 188 g/mol. The third kappa shape index (κ3) is 4.31. The van der Waals surface area contributed by atoms with Crippen molar-refractivity contribution >= 4 is 11.8 Å². The van der Waals surface area contributed by atoms with Crippen molar-refractivity contribution in [2.24, 2.45) is 0 Å². The first-order valence-corrected chi connectivity index (χ1v) is 5.91. The zero-order valence-corrected chi connectivity index (χ0v) is 8.89. The maximum atomic E-state index is 8.79. The van der Waals surface area contributed by atoms with Crippen LogP contribution in [0, 0.1) is 0 Å². The summed E-state index contributed by atoms with van der Waals surface area (Å²) in [6.45, 7) is 3.03. The van der Waals surface area contributed by atoms with E-state index in [4.69, 9.17) is 14.6 Å². The second kappa shape index (κ2) is 6.65. The van der Waals surface area contributed by atoms with E-state index in [1.54, 1.807) is 11.8 Å². The van der Waals surface area contributed by atoms with E-state index in [1.165, 1.54) is 12.8 Å². The first-order chi connectivity index (χ1) is 6.36. The lowest BCUT2D eigenvalue weighted by molar-refractivity contribution is -0.132. The molecule has 0 aliphatic carbocycles. The molecule has 4 heteroatoms. The Morgan fingerprint density at radius 1 is 1.54 bits per heavy atom. The molecule has 1 aliphatic heterocycles. The molecule has 1 heterocycles. The Morgan fingerprint density at radius 3 is 3.00 bits per heavy atom. The van der Waals surface area contributed by atoms with E-state index in [0.29, 0.717) is 0 Å². The van der Waals surface area contributed by atoms with Crippen molar-refractivity contribution in [3.05, 3.63) is 0 Å². The lowest BCUT2D eigenvalue weighted by atomic mass is 10.3. The molecule has 1 aliphatic rings. The Morgan fingerprint density at radius 2 is 2.38 bits per heavy atom.